The van der Waals surface area contributed by atoms with Crippen molar-refractivity contribution in [3.8, 4) is 5.75 Å². The van der Waals surface area contributed by atoms with Gasteiger partial charge in [0.05, 0.1) is 12.8 Å². The first-order chi connectivity index (χ1) is 13.9. The highest BCUT2D eigenvalue weighted by Gasteiger charge is 2.32. The Morgan fingerprint density at radius 2 is 1.90 bits per heavy atom. The van der Waals surface area contributed by atoms with Crippen LogP contribution in [0.3, 0.4) is 0 Å². The molecule has 150 valence electrons. The summed E-state index contributed by atoms with van der Waals surface area (Å²) in [4.78, 5) is 24.4. The van der Waals surface area contributed by atoms with E-state index in [-0.39, 0.29) is 18.2 Å². The number of ether oxygens (including phenoxy) is 1. The van der Waals surface area contributed by atoms with Gasteiger partial charge in [-0.3, -0.25) is 9.59 Å². The largest absolute Gasteiger partial charge is 0.497 e. The van der Waals surface area contributed by atoms with Gasteiger partial charge in [-0.1, -0.05) is 27.7 Å². The maximum atomic E-state index is 12.2. The van der Waals surface area contributed by atoms with Crippen LogP contribution in [0.4, 0.5) is 5.69 Å². The molecule has 1 aliphatic heterocycles. The summed E-state index contributed by atoms with van der Waals surface area (Å²) in [5, 5.41) is 13.6. The van der Waals surface area contributed by atoms with Crippen molar-refractivity contribution < 1.29 is 14.3 Å². The summed E-state index contributed by atoms with van der Waals surface area (Å²) in [5.74, 6) is 0.270. The molecule has 1 heterocycles. The fraction of sp³-hybridized carbons (Fsp3) is 0.200. The zero-order valence-corrected chi connectivity index (χ0v) is 18.2. The molecule has 0 unspecified atom stereocenters. The van der Waals surface area contributed by atoms with Crippen molar-refractivity contribution >= 4 is 56.1 Å². The Labute approximate surface area is 181 Å². The van der Waals surface area contributed by atoms with E-state index in [1.807, 2.05) is 43.3 Å². The van der Waals surface area contributed by atoms with Crippen molar-refractivity contribution in [1.29, 1.82) is 0 Å². The van der Waals surface area contributed by atoms with Gasteiger partial charge < -0.3 is 15.4 Å². The summed E-state index contributed by atoms with van der Waals surface area (Å²) in [7, 11) is 1.61. The molecule has 0 saturated carbocycles. The number of methoxy groups -OCH3 is 1. The Balaban J connectivity index is 1.58. The highest BCUT2D eigenvalue weighted by atomic mass is 79.9. The van der Waals surface area contributed by atoms with E-state index in [2.05, 4.69) is 36.8 Å². The molecule has 1 atom stereocenters. The quantitative estimate of drug-likeness (QED) is 0.491. The van der Waals surface area contributed by atoms with Gasteiger partial charge in [0.25, 0.3) is 0 Å². The van der Waals surface area contributed by atoms with Crippen molar-refractivity contribution in [1.82, 2.24) is 5.32 Å². The number of rotatable bonds is 6. The van der Waals surface area contributed by atoms with Gasteiger partial charge in [-0.25, -0.2) is 0 Å². The van der Waals surface area contributed by atoms with E-state index in [0.717, 1.165) is 15.8 Å². The molecule has 0 aromatic heterocycles. The SMILES string of the molecule is COc1ccc(/C(C)=N\N=C2\NC(=O)[C@@H](CC(=O)Nc3ccc(Br)cc3)S2)cc1. The Hall–Kier alpha value is -2.65. The predicted molar refractivity (Wildman–Crippen MR) is 120 cm³/mol. The van der Waals surface area contributed by atoms with Gasteiger partial charge in [-0.15, -0.1) is 5.10 Å². The van der Waals surface area contributed by atoms with Gasteiger partial charge in [0.15, 0.2) is 5.17 Å². The zero-order chi connectivity index (χ0) is 20.8. The molecule has 2 aromatic rings. The monoisotopic (exact) mass is 474 g/mol. The van der Waals surface area contributed by atoms with E-state index in [1.54, 1.807) is 19.2 Å². The van der Waals surface area contributed by atoms with Crippen molar-refractivity contribution in [2.75, 3.05) is 12.4 Å². The van der Waals surface area contributed by atoms with Crippen LogP contribution in [0.5, 0.6) is 5.75 Å². The van der Waals surface area contributed by atoms with E-state index in [1.165, 1.54) is 11.8 Å². The number of carbonyl (C=O) groups is 2. The van der Waals surface area contributed by atoms with Crippen LogP contribution in [-0.2, 0) is 9.59 Å². The van der Waals surface area contributed by atoms with Crippen LogP contribution < -0.4 is 15.4 Å². The van der Waals surface area contributed by atoms with E-state index in [0.29, 0.717) is 16.6 Å². The molecule has 0 radical (unpaired) electrons. The van der Waals surface area contributed by atoms with Crippen LogP contribution in [0, 0.1) is 0 Å². The lowest BCUT2D eigenvalue weighted by Gasteiger charge is -2.07. The van der Waals surface area contributed by atoms with E-state index in [4.69, 9.17) is 4.74 Å². The number of anilines is 1. The molecule has 3 rings (SSSR count). The third-order valence-corrected chi connectivity index (χ3v) is 5.67. The topological polar surface area (TPSA) is 92.2 Å². The van der Waals surface area contributed by atoms with E-state index < -0.39 is 5.25 Å². The fourth-order valence-corrected chi connectivity index (χ4v) is 3.69. The molecule has 2 N–H and O–H groups in total. The number of carbonyl (C=O) groups excluding carboxylic acids is 2. The van der Waals surface area contributed by atoms with Gasteiger partial charge >= 0.3 is 0 Å². The van der Waals surface area contributed by atoms with Crippen molar-refractivity contribution in [3.63, 3.8) is 0 Å². The summed E-state index contributed by atoms with van der Waals surface area (Å²) in [5.41, 5.74) is 2.27. The molecule has 1 aliphatic rings. The average molecular weight is 475 g/mol. The van der Waals surface area contributed by atoms with Gasteiger partial charge in [0.1, 0.15) is 11.0 Å². The first kappa shape index (κ1) is 21.1. The Bertz CT molecular complexity index is 959. The molecule has 0 spiro atoms. The van der Waals surface area contributed by atoms with Crippen LogP contribution in [0.25, 0.3) is 0 Å². The Morgan fingerprint density at radius 3 is 2.55 bits per heavy atom. The number of nitrogens with one attached hydrogen (secondary N) is 2. The van der Waals surface area contributed by atoms with Gasteiger partial charge in [0.2, 0.25) is 11.8 Å². The maximum Gasteiger partial charge on any atom is 0.240 e. The first-order valence-electron chi connectivity index (χ1n) is 8.74. The molecule has 2 aromatic carbocycles. The highest BCUT2D eigenvalue weighted by molar-refractivity contribution is 9.10. The van der Waals surface area contributed by atoms with Gasteiger partial charge in [-0.05, 0) is 61.0 Å². The number of halogens is 1. The van der Waals surface area contributed by atoms with Crippen molar-refractivity contribution in [2.24, 2.45) is 10.2 Å². The van der Waals surface area contributed by atoms with Crippen LogP contribution >= 0.6 is 27.7 Å². The number of hydrogen-bond acceptors (Lipinski definition) is 6. The molecule has 2 amide bonds. The summed E-state index contributed by atoms with van der Waals surface area (Å²) in [6.45, 7) is 1.83. The number of benzene rings is 2. The zero-order valence-electron chi connectivity index (χ0n) is 15.8. The van der Waals surface area contributed by atoms with Crippen molar-refractivity contribution in [2.45, 2.75) is 18.6 Å². The molecule has 1 saturated heterocycles. The lowest BCUT2D eigenvalue weighted by atomic mass is 10.1. The predicted octanol–water partition coefficient (Wildman–Crippen LogP) is 3.80. The lowest BCUT2D eigenvalue weighted by molar-refractivity contribution is -0.122. The maximum absolute atomic E-state index is 12.2. The Kier molecular flexibility index (Phi) is 7.05. The number of amides is 2. The minimum Gasteiger partial charge on any atom is -0.497 e. The summed E-state index contributed by atoms with van der Waals surface area (Å²) in [6.07, 6.45) is 0.0484. The molecular formula is C20H19BrN4O3S. The molecule has 29 heavy (non-hydrogen) atoms. The second kappa shape index (κ2) is 9.71. The molecular weight excluding hydrogens is 456 g/mol. The first-order valence-corrected chi connectivity index (χ1v) is 10.4. The minimum atomic E-state index is -0.541. The van der Waals surface area contributed by atoms with E-state index in [9.17, 15) is 9.59 Å². The number of thioether (sulfide) groups is 1. The summed E-state index contributed by atoms with van der Waals surface area (Å²) in [6, 6.07) is 14.7. The van der Waals surface area contributed by atoms with Crippen LogP contribution in [-0.4, -0.2) is 35.1 Å². The molecule has 0 aliphatic carbocycles. The second-order valence-corrected chi connectivity index (χ2v) is 8.28. The van der Waals surface area contributed by atoms with Crippen molar-refractivity contribution in [3.05, 3.63) is 58.6 Å². The normalized spacial score (nSPS) is 17.9. The molecule has 7 nitrogen and oxygen atoms in total. The van der Waals surface area contributed by atoms with Gasteiger partial charge in [0, 0.05) is 16.6 Å². The highest BCUT2D eigenvalue weighted by Crippen LogP contribution is 2.23. The fourth-order valence-electron chi connectivity index (χ4n) is 2.51. The Morgan fingerprint density at radius 1 is 1.21 bits per heavy atom. The molecule has 0 bridgehead atoms. The van der Waals surface area contributed by atoms with E-state index >= 15 is 0 Å². The van der Waals surface area contributed by atoms with Gasteiger partial charge in [-0.2, -0.15) is 5.10 Å². The number of nitrogens with zero attached hydrogens (tertiary/aromatic N) is 2. The van der Waals surface area contributed by atoms with Crippen LogP contribution in [0.1, 0.15) is 18.9 Å². The minimum absolute atomic E-state index is 0.0484. The summed E-state index contributed by atoms with van der Waals surface area (Å²) >= 11 is 4.54. The van der Waals surface area contributed by atoms with Crippen LogP contribution in [0.15, 0.2) is 63.2 Å². The lowest BCUT2D eigenvalue weighted by Crippen LogP contribution is -2.28. The third kappa shape index (κ3) is 5.91. The standard InChI is InChI=1S/C20H19BrN4O3S/c1-12(13-3-9-16(28-2)10-4-13)24-25-20-23-19(27)17(29-20)11-18(26)22-15-7-5-14(21)6-8-15/h3-10,17H,11H2,1-2H3,(H,22,26)(H,23,25,27)/b24-12-/t17-/m1/s1. The second-order valence-electron chi connectivity index (χ2n) is 6.17. The van der Waals surface area contributed by atoms with Crippen LogP contribution in [0.2, 0.25) is 0 Å². The molecule has 9 heteroatoms. The smallest absolute Gasteiger partial charge is 0.240 e. The number of amidine groups is 1. The number of hydrogen-bond donors (Lipinski definition) is 2. The molecule has 1 fully saturated rings. The average Bonchev–Trinajstić information content (AvgIpc) is 3.07. The summed E-state index contributed by atoms with van der Waals surface area (Å²) < 4.78 is 6.06. The third-order valence-electron chi connectivity index (χ3n) is 4.07.